The molecule has 1 aromatic heterocycles. The first-order chi connectivity index (χ1) is 8.09. The maximum absolute atomic E-state index is 13.1. The molecule has 0 saturated carbocycles. The van der Waals surface area contributed by atoms with Gasteiger partial charge in [0, 0.05) is 5.56 Å². The summed E-state index contributed by atoms with van der Waals surface area (Å²) in [7, 11) is 0. The third-order valence-electron chi connectivity index (χ3n) is 2.20. The van der Waals surface area contributed by atoms with Crippen molar-refractivity contribution in [2.75, 3.05) is 5.73 Å². The van der Waals surface area contributed by atoms with Crippen LogP contribution in [-0.4, -0.2) is 15.9 Å². The van der Waals surface area contributed by atoms with Gasteiger partial charge in [0.05, 0.1) is 5.69 Å². The number of nitrogens with zero attached hydrogens (tertiary/aromatic N) is 2. The molecule has 1 aromatic carbocycles. The average Bonchev–Trinajstić information content (AvgIpc) is 2.28. The minimum Gasteiger partial charge on any atom is -0.383 e. The van der Waals surface area contributed by atoms with Crippen molar-refractivity contribution in [3.05, 3.63) is 42.0 Å². The van der Waals surface area contributed by atoms with Crippen molar-refractivity contribution in [1.29, 1.82) is 0 Å². The number of halogens is 1. The number of hydrogen-bond acceptors (Lipinski definition) is 4. The van der Waals surface area contributed by atoms with E-state index in [2.05, 4.69) is 9.97 Å². The highest BCUT2D eigenvalue weighted by Crippen LogP contribution is 2.24. The number of hydrogen-bond donors (Lipinski definition) is 2. The molecule has 6 heteroatoms. The van der Waals surface area contributed by atoms with Gasteiger partial charge in [0.1, 0.15) is 11.4 Å². The highest BCUT2D eigenvalue weighted by atomic mass is 19.1. The first-order valence-electron chi connectivity index (χ1n) is 4.78. The van der Waals surface area contributed by atoms with Gasteiger partial charge in [-0.05, 0) is 0 Å². The van der Waals surface area contributed by atoms with E-state index in [0.717, 1.165) is 0 Å². The van der Waals surface area contributed by atoms with Gasteiger partial charge in [-0.25, -0.2) is 4.98 Å². The summed E-state index contributed by atoms with van der Waals surface area (Å²) in [6.07, 6.45) is -0.994. The number of nitrogens with two attached hydrogens (primary N) is 2. The third-order valence-corrected chi connectivity index (χ3v) is 2.20. The number of carbonyl (C=O) groups excluding carboxylic acids is 1. The van der Waals surface area contributed by atoms with E-state index in [1.807, 2.05) is 0 Å². The molecule has 0 spiro atoms. The lowest BCUT2D eigenvalue weighted by atomic mass is 10.1. The van der Waals surface area contributed by atoms with Gasteiger partial charge in [0.15, 0.2) is 0 Å². The molecule has 0 bridgehead atoms. The molecule has 2 aromatic rings. The molecule has 17 heavy (non-hydrogen) atoms. The van der Waals surface area contributed by atoms with Crippen molar-refractivity contribution in [3.8, 4) is 11.3 Å². The summed E-state index contributed by atoms with van der Waals surface area (Å²) >= 11 is 0. The molecule has 0 aliphatic heterocycles. The fourth-order valence-electron chi connectivity index (χ4n) is 1.50. The molecule has 0 radical (unpaired) electrons. The minimum atomic E-state index is -0.994. The fourth-order valence-corrected chi connectivity index (χ4v) is 1.50. The molecule has 5 nitrogen and oxygen atoms in total. The highest BCUT2D eigenvalue weighted by molar-refractivity contribution is 6.02. The van der Waals surface area contributed by atoms with Crippen molar-refractivity contribution in [2.24, 2.45) is 5.73 Å². The zero-order valence-electron chi connectivity index (χ0n) is 8.72. The molecule has 0 atom stereocenters. The minimum absolute atomic E-state index is 0.0717. The zero-order chi connectivity index (χ0) is 12.4. The lowest BCUT2D eigenvalue weighted by Gasteiger charge is -2.07. The van der Waals surface area contributed by atoms with E-state index in [4.69, 9.17) is 11.5 Å². The Morgan fingerprint density at radius 2 is 1.82 bits per heavy atom. The van der Waals surface area contributed by atoms with Crippen LogP contribution in [0.25, 0.3) is 11.3 Å². The van der Waals surface area contributed by atoms with E-state index in [9.17, 15) is 9.18 Å². The summed E-state index contributed by atoms with van der Waals surface area (Å²) < 4.78 is 13.1. The van der Waals surface area contributed by atoms with Crippen LogP contribution in [0.5, 0.6) is 0 Å². The SMILES string of the molecule is NC(=O)c1c(N)nc(F)nc1-c1ccccc1. The van der Waals surface area contributed by atoms with E-state index in [1.54, 1.807) is 30.3 Å². The third kappa shape index (κ3) is 2.05. The van der Waals surface area contributed by atoms with Gasteiger partial charge in [0.25, 0.3) is 5.91 Å². The Labute approximate surface area is 96.3 Å². The van der Waals surface area contributed by atoms with Crippen molar-refractivity contribution < 1.29 is 9.18 Å². The molecular weight excluding hydrogens is 223 g/mol. The number of benzene rings is 1. The Balaban J connectivity index is 2.72. The first-order valence-corrected chi connectivity index (χ1v) is 4.78. The Hall–Kier alpha value is -2.50. The van der Waals surface area contributed by atoms with Gasteiger partial charge in [-0.2, -0.15) is 9.37 Å². The van der Waals surface area contributed by atoms with Gasteiger partial charge < -0.3 is 11.5 Å². The van der Waals surface area contributed by atoms with E-state index in [0.29, 0.717) is 5.56 Å². The predicted molar refractivity (Wildman–Crippen MR) is 60.4 cm³/mol. The highest BCUT2D eigenvalue weighted by Gasteiger charge is 2.18. The lowest BCUT2D eigenvalue weighted by molar-refractivity contribution is 0.100. The number of primary amides is 1. The summed E-state index contributed by atoms with van der Waals surface area (Å²) in [6, 6.07) is 8.60. The second-order valence-electron chi connectivity index (χ2n) is 3.33. The van der Waals surface area contributed by atoms with Crippen LogP contribution in [0.15, 0.2) is 30.3 Å². The van der Waals surface area contributed by atoms with Crippen molar-refractivity contribution in [2.45, 2.75) is 0 Å². The van der Waals surface area contributed by atoms with Crippen LogP contribution in [-0.2, 0) is 0 Å². The molecule has 0 aliphatic carbocycles. The number of nitrogen functional groups attached to an aromatic ring is 1. The molecule has 4 N–H and O–H groups in total. The molecular formula is C11H9FN4O. The van der Waals surface area contributed by atoms with Crippen LogP contribution in [0.3, 0.4) is 0 Å². The van der Waals surface area contributed by atoms with Crippen molar-refractivity contribution in [3.63, 3.8) is 0 Å². The number of anilines is 1. The van der Waals surface area contributed by atoms with Crippen LogP contribution in [0.1, 0.15) is 10.4 Å². The van der Waals surface area contributed by atoms with E-state index in [-0.39, 0.29) is 17.1 Å². The van der Waals surface area contributed by atoms with Crippen LogP contribution in [0.2, 0.25) is 0 Å². The molecule has 1 amide bonds. The molecule has 1 heterocycles. The maximum Gasteiger partial charge on any atom is 0.311 e. The Morgan fingerprint density at radius 3 is 2.41 bits per heavy atom. The molecule has 86 valence electrons. The topological polar surface area (TPSA) is 94.9 Å². The molecule has 2 rings (SSSR count). The van der Waals surface area contributed by atoms with Crippen molar-refractivity contribution >= 4 is 11.7 Å². The quantitative estimate of drug-likeness (QED) is 0.754. The number of amides is 1. The van der Waals surface area contributed by atoms with Gasteiger partial charge in [-0.1, -0.05) is 30.3 Å². The number of carbonyl (C=O) groups is 1. The normalized spacial score (nSPS) is 10.2. The standard InChI is InChI=1S/C11H9FN4O/c12-11-15-8(6-4-2-1-3-5-6)7(10(14)17)9(13)16-11/h1-5H,(H2,14,17)(H2,13,15,16). The molecule has 0 saturated heterocycles. The van der Waals surface area contributed by atoms with Crippen LogP contribution >= 0.6 is 0 Å². The molecule has 0 aliphatic rings. The molecule has 0 fully saturated rings. The zero-order valence-corrected chi connectivity index (χ0v) is 8.72. The Morgan fingerprint density at radius 1 is 1.18 bits per heavy atom. The average molecular weight is 232 g/mol. The second-order valence-corrected chi connectivity index (χ2v) is 3.33. The number of aromatic nitrogens is 2. The van der Waals surface area contributed by atoms with Gasteiger partial charge in [-0.15, -0.1) is 0 Å². The Bertz CT molecular complexity index is 571. The van der Waals surface area contributed by atoms with E-state index >= 15 is 0 Å². The van der Waals surface area contributed by atoms with Gasteiger partial charge in [0.2, 0.25) is 0 Å². The van der Waals surface area contributed by atoms with Crippen LogP contribution in [0.4, 0.5) is 10.2 Å². The van der Waals surface area contributed by atoms with Crippen LogP contribution in [0, 0.1) is 6.08 Å². The summed E-state index contributed by atoms with van der Waals surface area (Å²) in [5, 5.41) is 0. The number of rotatable bonds is 2. The summed E-state index contributed by atoms with van der Waals surface area (Å²) in [5.41, 5.74) is 11.2. The summed E-state index contributed by atoms with van der Waals surface area (Å²) in [6.45, 7) is 0. The largest absolute Gasteiger partial charge is 0.383 e. The summed E-state index contributed by atoms with van der Waals surface area (Å²) in [5.74, 6) is -1.05. The smallest absolute Gasteiger partial charge is 0.311 e. The van der Waals surface area contributed by atoms with Crippen molar-refractivity contribution in [1.82, 2.24) is 9.97 Å². The van der Waals surface area contributed by atoms with E-state index < -0.39 is 12.0 Å². The maximum atomic E-state index is 13.1. The van der Waals surface area contributed by atoms with Gasteiger partial charge >= 0.3 is 6.08 Å². The fraction of sp³-hybridized carbons (Fsp3) is 0. The van der Waals surface area contributed by atoms with Gasteiger partial charge in [-0.3, -0.25) is 4.79 Å². The summed E-state index contributed by atoms with van der Waals surface area (Å²) in [4.78, 5) is 18.1. The van der Waals surface area contributed by atoms with E-state index in [1.165, 1.54) is 0 Å². The monoisotopic (exact) mass is 232 g/mol. The predicted octanol–water partition coefficient (Wildman–Crippen LogP) is 0.964. The first kappa shape index (κ1) is 11.0. The second kappa shape index (κ2) is 4.17. The lowest BCUT2D eigenvalue weighted by Crippen LogP contribution is -2.18. The van der Waals surface area contributed by atoms with Crippen LogP contribution < -0.4 is 11.5 Å². The Kier molecular flexibility index (Phi) is 2.70. The molecule has 0 unspecified atom stereocenters.